The highest BCUT2D eigenvalue weighted by molar-refractivity contribution is 5.63. The molecule has 0 aliphatic carbocycles. The van der Waals surface area contributed by atoms with Crippen LogP contribution in [0.5, 0.6) is 23.0 Å². The van der Waals surface area contributed by atoms with E-state index >= 15 is 0 Å². The molecule has 0 spiro atoms. The molecule has 0 saturated carbocycles. The number of rotatable bonds is 10. The summed E-state index contributed by atoms with van der Waals surface area (Å²) in [5, 5.41) is 0. The molecule has 39 heavy (non-hydrogen) atoms. The summed E-state index contributed by atoms with van der Waals surface area (Å²) in [6.45, 7) is 19.8. The van der Waals surface area contributed by atoms with E-state index in [4.69, 9.17) is 33.8 Å². The first-order chi connectivity index (χ1) is 17.8. The molecule has 2 rings (SSSR count). The summed E-state index contributed by atoms with van der Waals surface area (Å²) in [5.74, 6) is 1.53. The van der Waals surface area contributed by atoms with E-state index in [0.29, 0.717) is 24.3 Å². The van der Waals surface area contributed by atoms with Crippen molar-refractivity contribution < 1.29 is 43.3 Å². The maximum absolute atomic E-state index is 12.0. The van der Waals surface area contributed by atoms with E-state index in [1.54, 1.807) is 48.5 Å². The molecular formula is C30H42O9. The zero-order valence-corrected chi connectivity index (χ0v) is 24.7. The van der Waals surface area contributed by atoms with Crippen LogP contribution in [0.2, 0.25) is 0 Å². The van der Waals surface area contributed by atoms with Crippen molar-refractivity contribution in [2.75, 3.05) is 0 Å². The molecule has 9 nitrogen and oxygen atoms in total. The van der Waals surface area contributed by atoms with Gasteiger partial charge in [0.25, 0.3) is 0 Å². The lowest BCUT2D eigenvalue weighted by Gasteiger charge is -2.30. The molecule has 0 fully saturated rings. The van der Waals surface area contributed by atoms with Gasteiger partial charge in [-0.15, -0.1) is 0 Å². The summed E-state index contributed by atoms with van der Waals surface area (Å²) in [6, 6.07) is 12.8. The molecule has 0 unspecified atom stereocenters. The first kappa shape index (κ1) is 31.9. The van der Waals surface area contributed by atoms with E-state index in [1.165, 1.54) is 0 Å². The van der Waals surface area contributed by atoms with E-state index in [1.807, 2.05) is 27.7 Å². The van der Waals surface area contributed by atoms with Crippen LogP contribution in [0, 0.1) is 10.8 Å². The fourth-order valence-corrected chi connectivity index (χ4v) is 4.42. The lowest BCUT2D eigenvalue weighted by atomic mass is 9.84. The third-order valence-electron chi connectivity index (χ3n) is 4.87. The average molecular weight is 547 g/mol. The highest BCUT2D eigenvalue weighted by atomic mass is 17.2. The first-order valence-corrected chi connectivity index (χ1v) is 12.8. The number of hydrogen-bond donors (Lipinski definition) is 0. The average Bonchev–Trinajstić information content (AvgIpc) is 2.76. The second-order valence-electron chi connectivity index (χ2n) is 13.1. The predicted octanol–water partition coefficient (Wildman–Crippen LogP) is 8.80. The highest BCUT2D eigenvalue weighted by Gasteiger charge is 2.30. The molecule has 0 heterocycles. The number of ether oxygens (including phenoxy) is 3. The Morgan fingerprint density at radius 3 is 1.08 bits per heavy atom. The Kier molecular flexibility index (Phi) is 10.4. The van der Waals surface area contributed by atoms with Gasteiger partial charge in [0.2, 0.25) is 0 Å². The number of carbonyl (C=O) groups is 2. The van der Waals surface area contributed by atoms with Gasteiger partial charge < -0.3 is 14.2 Å². The SMILES string of the molecule is CC(C)(C)CC(C)(C)OOC(=O)Oc1ccc(Oc2ccc(OC(=O)OOC(C)(C)CC(C)(C)C)cc2)cc1. The van der Waals surface area contributed by atoms with Gasteiger partial charge in [-0.1, -0.05) is 41.5 Å². The summed E-state index contributed by atoms with van der Waals surface area (Å²) < 4.78 is 16.1. The van der Waals surface area contributed by atoms with E-state index in [2.05, 4.69) is 41.5 Å². The van der Waals surface area contributed by atoms with Crippen molar-refractivity contribution in [2.45, 2.75) is 93.3 Å². The van der Waals surface area contributed by atoms with Gasteiger partial charge in [-0.25, -0.2) is 9.59 Å². The van der Waals surface area contributed by atoms with Crippen LogP contribution in [0.1, 0.15) is 82.1 Å². The van der Waals surface area contributed by atoms with E-state index in [0.717, 1.165) is 0 Å². The normalized spacial score (nSPS) is 12.5. The molecule has 0 amide bonds. The van der Waals surface area contributed by atoms with Crippen molar-refractivity contribution in [1.29, 1.82) is 0 Å². The lowest BCUT2D eigenvalue weighted by molar-refractivity contribution is -0.318. The Hall–Kier alpha value is -3.30. The molecule has 0 N–H and O–H groups in total. The van der Waals surface area contributed by atoms with Crippen molar-refractivity contribution in [3.05, 3.63) is 48.5 Å². The zero-order valence-electron chi connectivity index (χ0n) is 24.7. The van der Waals surface area contributed by atoms with Crippen LogP contribution in [0.4, 0.5) is 9.59 Å². The molecule has 0 aliphatic rings. The predicted molar refractivity (Wildman–Crippen MR) is 146 cm³/mol. The van der Waals surface area contributed by atoms with E-state index in [-0.39, 0.29) is 22.3 Å². The molecule has 0 bridgehead atoms. The minimum absolute atomic E-state index is 0.00390. The van der Waals surface area contributed by atoms with Crippen LogP contribution in [-0.2, 0) is 19.6 Å². The van der Waals surface area contributed by atoms with Gasteiger partial charge in [0.15, 0.2) is 0 Å². The monoisotopic (exact) mass is 546 g/mol. The minimum Gasteiger partial charge on any atom is -0.457 e. The minimum atomic E-state index is -0.970. The largest absolute Gasteiger partial charge is 0.546 e. The van der Waals surface area contributed by atoms with Crippen molar-refractivity contribution in [2.24, 2.45) is 10.8 Å². The summed E-state index contributed by atoms with van der Waals surface area (Å²) in [5.41, 5.74) is -1.31. The van der Waals surface area contributed by atoms with Gasteiger partial charge in [0.05, 0.1) is 0 Å². The fraction of sp³-hybridized carbons (Fsp3) is 0.533. The molecule has 0 atom stereocenters. The molecule has 0 saturated heterocycles. The van der Waals surface area contributed by atoms with Crippen molar-refractivity contribution in [3.8, 4) is 23.0 Å². The highest BCUT2D eigenvalue weighted by Crippen LogP contribution is 2.31. The summed E-state index contributed by atoms with van der Waals surface area (Å²) >= 11 is 0. The summed E-state index contributed by atoms with van der Waals surface area (Å²) in [4.78, 5) is 44.2. The van der Waals surface area contributed by atoms with Gasteiger partial charge in [0, 0.05) is 0 Å². The fourth-order valence-electron chi connectivity index (χ4n) is 4.42. The van der Waals surface area contributed by atoms with Crippen molar-refractivity contribution >= 4 is 12.3 Å². The maximum atomic E-state index is 12.0. The third kappa shape index (κ3) is 13.4. The number of benzene rings is 2. The van der Waals surface area contributed by atoms with Crippen molar-refractivity contribution in [3.63, 3.8) is 0 Å². The zero-order chi connectivity index (χ0) is 29.5. The third-order valence-corrected chi connectivity index (χ3v) is 4.87. The Morgan fingerprint density at radius 1 is 0.513 bits per heavy atom. The Morgan fingerprint density at radius 2 is 0.795 bits per heavy atom. The molecular weight excluding hydrogens is 504 g/mol. The molecule has 0 radical (unpaired) electrons. The molecule has 2 aromatic carbocycles. The van der Waals surface area contributed by atoms with Crippen LogP contribution in [0.3, 0.4) is 0 Å². The quantitative estimate of drug-likeness (QED) is 0.125. The molecule has 2 aromatic rings. The lowest BCUT2D eigenvalue weighted by Crippen LogP contribution is -2.32. The molecule has 9 heteroatoms. The Bertz CT molecular complexity index is 986. The smallest absolute Gasteiger partial charge is 0.457 e. The van der Waals surface area contributed by atoms with Crippen LogP contribution < -0.4 is 14.2 Å². The van der Waals surface area contributed by atoms with Gasteiger partial charge in [-0.2, -0.15) is 9.78 Å². The van der Waals surface area contributed by atoms with Crippen LogP contribution in [0.25, 0.3) is 0 Å². The maximum Gasteiger partial charge on any atom is 0.546 e. The first-order valence-electron chi connectivity index (χ1n) is 12.8. The van der Waals surface area contributed by atoms with E-state index in [9.17, 15) is 9.59 Å². The van der Waals surface area contributed by atoms with Crippen LogP contribution in [0.15, 0.2) is 48.5 Å². The number of carbonyl (C=O) groups excluding carboxylic acids is 2. The Balaban J connectivity index is 1.81. The molecule has 0 aromatic heterocycles. The topological polar surface area (TPSA) is 98.8 Å². The standard InChI is InChI=1S/C30H42O9/c1-27(2,3)19-29(7,8)38-36-25(31)34-23-15-11-21(12-16-23)33-22-13-17-24(18-14-22)35-26(32)37-39-30(9,10)20-28(4,5)6/h11-18H,19-20H2,1-10H3. The van der Waals surface area contributed by atoms with Gasteiger partial charge in [-0.3, -0.25) is 9.78 Å². The summed E-state index contributed by atoms with van der Waals surface area (Å²) in [7, 11) is 0. The van der Waals surface area contributed by atoms with Crippen LogP contribution >= 0.6 is 0 Å². The van der Waals surface area contributed by atoms with E-state index < -0.39 is 23.5 Å². The molecule has 216 valence electrons. The second kappa shape index (κ2) is 12.7. The van der Waals surface area contributed by atoms with Gasteiger partial charge >= 0.3 is 12.3 Å². The van der Waals surface area contributed by atoms with Gasteiger partial charge in [0.1, 0.15) is 34.2 Å². The van der Waals surface area contributed by atoms with Gasteiger partial charge in [-0.05, 0) is 99.9 Å². The molecule has 0 aliphatic heterocycles. The van der Waals surface area contributed by atoms with Crippen LogP contribution in [-0.4, -0.2) is 23.5 Å². The second-order valence-corrected chi connectivity index (χ2v) is 13.1. The summed E-state index contributed by atoms with van der Waals surface area (Å²) in [6.07, 6.45) is -0.576. The Labute approximate surface area is 231 Å². The van der Waals surface area contributed by atoms with Crippen molar-refractivity contribution in [1.82, 2.24) is 0 Å². The number of hydrogen-bond acceptors (Lipinski definition) is 9.